The summed E-state index contributed by atoms with van der Waals surface area (Å²) in [5, 5.41) is 18.1. The first kappa shape index (κ1) is 10.8. The van der Waals surface area contributed by atoms with Gasteiger partial charge in [-0.15, -0.1) is 0 Å². The molecule has 4 nitrogen and oxygen atoms in total. The van der Waals surface area contributed by atoms with Gasteiger partial charge in [-0.3, -0.25) is 0 Å². The lowest BCUT2D eigenvalue weighted by atomic mass is 10.2. The molecule has 0 fully saturated rings. The Labute approximate surface area is 85.1 Å². The van der Waals surface area contributed by atoms with E-state index in [1.165, 1.54) is 18.2 Å². The normalized spacial score (nSPS) is 10.5. The van der Waals surface area contributed by atoms with Gasteiger partial charge in [0.25, 0.3) is 4.92 Å². The fraction of sp³-hybridized carbons (Fsp3) is 0.333. The highest BCUT2D eigenvalue weighted by Crippen LogP contribution is 2.24. The maximum absolute atomic E-state index is 10.6. The Balaban J connectivity index is 3.02. The first-order valence-corrected chi connectivity index (χ1v) is 6.24. The van der Waals surface area contributed by atoms with Crippen LogP contribution in [0.25, 0.3) is 0 Å². The van der Waals surface area contributed by atoms with Gasteiger partial charge in [0.1, 0.15) is 11.5 Å². The second-order valence-corrected chi connectivity index (χ2v) is 5.48. The summed E-state index contributed by atoms with van der Waals surface area (Å²) in [7, 11) is 0.139. The number of aromatic hydroxyl groups is 1. The van der Waals surface area contributed by atoms with Crippen molar-refractivity contribution in [3.63, 3.8) is 0 Å². The fourth-order valence-corrected chi connectivity index (χ4v) is 1.97. The molecule has 5 heteroatoms. The molecule has 76 valence electrons. The summed E-state index contributed by atoms with van der Waals surface area (Å²) in [6, 6.07) is 4.28. The third kappa shape index (κ3) is 2.63. The SMILES string of the molecule is C[S+](C)Cc1cc([N+](=O)O)ccc1O. The molecule has 0 amide bonds. The summed E-state index contributed by atoms with van der Waals surface area (Å²) >= 11 is 0. The zero-order valence-corrected chi connectivity index (χ0v) is 8.91. The molecule has 0 aromatic heterocycles. The van der Waals surface area contributed by atoms with Crippen LogP contribution in [0.15, 0.2) is 18.2 Å². The molecule has 0 saturated heterocycles. The van der Waals surface area contributed by atoms with Crippen LogP contribution in [-0.2, 0) is 16.6 Å². The van der Waals surface area contributed by atoms with Gasteiger partial charge in [0.2, 0.25) is 0 Å². The molecule has 0 radical (unpaired) electrons. The van der Waals surface area contributed by atoms with Crippen LogP contribution in [0.2, 0.25) is 0 Å². The average molecular weight is 215 g/mol. The molecule has 0 bridgehead atoms. The molecule has 2 N–H and O–H groups in total. The molecule has 14 heavy (non-hydrogen) atoms. The largest absolute Gasteiger partial charge is 0.507 e. The maximum atomic E-state index is 10.6. The molecule has 0 atom stereocenters. The van der Waals surface area contributed by atoms with Crippen LogP contribution >= 0.6 is 0 Å². The van der Waals surface area contributed by atoms with Crippen LogP contribution in [0, 0.1) is 4.91 Å². The minimum atomic E-state index is -0.202. The van der Waals surface area contributed by atoms with E-state index < -0.39 is 0 Å². The summed E-state index contributed by atoms with van der Waals surface area (Å²) < 4.78 is 0. The Morgan fingerprint density at radius 2 is 2.07 bits per heavy atom. The van der Waals surface area contributed by atoms with E-state index in [0.29, 0.717) is 11.3 Å². The molecule has 0 aliphatic carbocycles. The predicted molar refractivity (Wildman–Crippen MR) is 56.1 cm³/mol. The molecule has 0 unspecified atom stereocenters. The standard InChI is InChI=1S/C9H12NO3S/c1-14(2)6-7-5-8(10(12)13)3-4-9(7)11/h3-5H,6H2,1-2H3,(H-,11,12,13)/q+1/p+1. The summed E-state index contributed by atoms with van der Waals surface area (Å²) in [6.45, 7) is 0. The van der Waals surface area contributed by atoms with E-state index in [0.717, 1.165) is 0 Å². The topological polar surface area (TPSA) is 60.5 Å². The molecule has 1 rings (SSSR count). The number of rotatable bonds is 3. The van der Waals surface area contributed by atoms with Crippen molar-refractivity contribution in [1.82, 2.24) is 0 Å². The molecule has 1 aromatic carbocycles. The highest BCUT2D eigenvalue weighted by molar-refractivity contribution is 7.94. The second kappa shape index (κ2) is 4.32. The van der Waals surface area contributed by atoms with Gasteiger partial charge in [0.05, 0.1) is 17.4 Å². The number of phenolic OH excluding ortho intramolecular Hbond substituents is 1. The van der Waals surface area contributed by atoms with Crippen LogP contribution in [-0.4, -0.2) is 27.7 Å². The molecular formula is C9H13NO3S+2. The first-order chi connectivity index (χ1) is 6.50. The van der Waals surface area contributed by atoms with Gasteiger partial charge in [-0.1, -0.05) is 0 Å². The van der Waals surface area contributed by atoms with Gasteiger partial charge >= 0.3 is 5.69 Å². The lowest BCUT2D eigenvalue weighted by Crippen LogP contribution is -2.01. The Morgan fingerprint density at radius 1 is 1.43 bits per heavy atom. The lowest BCUT2D eigenvalue weighted by Gasteiger charge is -2.00. The number of benzene rings is 1. The molecule has 0 aliphatic rings. The van der Waals surface area contributed by atoms with Gasteiger partial charge in [-0.25, -0.2) is 5.21 Å². The average Bonchev–Trinajstić information content (AvgIpc) is 2.07. The van der Waals surface area contributed by atoms with Crippen LogP contribution in [0.4, 0.5) is 5.69 Å². The third-order valence-corrected chi connectivity index (χ3v) is 2.62. The smallest absolute Gasteiger partial charge is 0.317 e. The Hall–Kier alpha value is -1.23. The molecule has 0 spiro atoms. The summed E-state index contributed by atoms with van der Waals surface area (Å²) in [5.41, 5.74) is 0.828. The Kier molecular flexibility index (Phi) is 3.35. The van der Waals surface area contributed by atoms with Crippen LogP contribution in [0.5, 0.6) is 5.75 Å². The number of hydrogen-bond acceptors (Lipinski definition) is 2. The van der Waals surface area contributed by atoms with Gasteiger partial charge in [0, 0.05) is 17.7 Å². The van der Waals surface area contributed by atoms with E-state index >= 15 is 0 Å². The third-order valence-electron chi connectivity index (χ3n) is 1.73. The summed E-state index contributed by atoms with van der Waals surface area (Å²) in [5.74, 6) is 0.866. The highest BCUT2D eigenvalue weighted by atomic mass is 32.2. The zero-order valence-electron chi connectivity index (χ0n) is 8.10. The molecule has 0 saturated carbocycles. The minimum absolute atomic E-state index is 0.139. The molecular weight excluding hydrogens is 202 g/mol. The van der Waals surface area contributed by atoms with E-state index in [9.17, 15) is 10.0 Å². The van der Waals surface area contributed by atoms with Crippen molar-refractivity contribution in [3.05, 3.63) is 28.7 Å². The van der Waals surface area contributed by atoms with Crippen molar-refractivity contribution in [2.75, 3.05) is 12.5 Å². The van der Waals surface area contributed by atoms with E-state index in [1.54, 1.807) is 0 Å². The van der Waals surface area contributed by atoms with Crippen LogP contribution < -0.4 is 0 Å². The number of phenols is 1. The Bertz CT molecular complexity index is 352. The van der Waals surface area contributed by atoms with E-state index in [4.69, 9.17) is 5.21 Å². The molecule has 0 heterocycles. The predicted octanol–water partition coefficient (Wildman–Crippen LogP) is 1.57. The van der Waals surface area contributed by atoms with Gasteiger partial charge in [-0.2, -0.15) is 0 Å². The molecule has 0 aliphatic heterocycles. The van der Waals surface area contributed by atoms with Crippen LogP contribution in [0.1, 0.15) is 5.56 Å². The van der Waals surface area contributed by atoms with Crippen molar-refractivity contribution >= 4 is 16.6 Å². The summed E-state index contributed by atoms with van der Waals surface area (Å²) in [6.07, 6.45) is 4.08. The number of hydrogen-bond donors (Lipinski definition) is 2. The zero-order chi connectivity index (χ0) is 10.7. The van der Waals surface area contributed by atoms with E-state index in [2.05, 4.69) is 0 Å². The lowest BCUT2D eigenvalue weighted by molar-refractivity contribution is -0.729. The van der Waals surface area contributed by atoms with Gasteiger partial charge in [-0.05, 0) is 17.0 Å². The first-order valence-electron chi connectivity index (χ1n) is 4.03. The number of nitrogens with zero attached hydrogens (tertiary/aromatic N) is 1. The van der Waals surface area contributed by atoms with Crippen molar-refractivity contribution in [2.24, 2.45) is 0 Å². The van der Waals surface area contributed by atoms with Crippen LogP contribution in [0.3, 0.4) is 0 Å². The van der Waals surface area contributed by atoms with E-state index in [1.807, 2.05) is 12.5 Å². The fourth-order valence-electron chi connectivity index (χ4n) is 1.12. The van der Waals surface area contributed by atoms with Gasteiger partial charge < -0.3 is 5.11 Å². The highest BCUT2D eigenvalue weighted by Gasteiger charge is 2.17. The van der Waals surface area contributed by atoms with Gasteiger partial charge in [0.15, 0.2) is 0 Å². The van der Waals surface area contributed by atoms with Crippen molar-refractivity contribution in [3.8, 4) is 5.75 Å². The van der Waals surface area contributed by atoms with Crippen molar-refractivity contribution in [1.29, 1.82) is 0 Å². The molecule has 1 aromatic rings. The minimum Gasteiger partial charge on any atom is -0.507 e. The summed E-state index contributed by atoms with van der Waals surface area (Å²) in [4.78, 5) is 10.4. The second-order valence-electron chi connectivity index (χ2n) is 3.22. The van der Waals surface area contributed by atoms with Crippen molar-refractivity contribution < 1.29 is 15.2 Å². The monoisotopic (exact) mass is 215 g/mol. The van der Waals surface area contributed by atoms with Crippen molar-refractivity contribution in [2.45, 2.75) is 5.75 Å². The van der Waals surface area contributed by atoms with E-state index in [-0.39, 0.29) is 27.3 Å². The Morgan fingerprint density at radius 3 is 2.57 bits per heavy atom. The quantitative estimate of drug-likeness (QED) is 0.594. The maximum Gasteiger partial charge on any atom is 0.317 e.